The van der Waals surface area contributed by atoms with Crippen LogP contribution >= 0.6 is 0 Å². The first-order valence-electron chi connectivity index (χ1n) is 8.83. The van der Waals surface area contributed by atoms with Gasteiger partial charge in [0, 0.05) is 0 Å². The van der Waals surface area contributed by atoms with E-state index in [9.17, 15) is 0 Å². The molecule has 0 bridgehead atoms. The third kappa shape index (κ3) is 2.50. The Bertz CT molecular complexity index is 969. The van der Waals surface area contributed by atoms with Crippen LogP contribution in [0.5, 0.6) is 0 Å². The number of fused-ring (bicyclic) bond motifs is 3. The molecule has 1 atom stereocenters. The first kappa shape index (κ1) is 15.4. The van der Waals surface area contributed by atoms with E-state index in [4.69, 9.17) is 0 Å². The van der Waals surface area contributed by atoms with Crippen molar-refractivity contribution in [1.29, 1.82) is 0 Å². The molecule has 0 spiro atoms. The van der Waals surface area contributed by atoms with Gasteiger partial charge < -0.3 is 0 Å². The average Bonchev–Trinajstić information content (AvgIpc) is 3.44. The van der Waals surface area contributed by atoms with Crippen molar-refractivity contribution in [3.05, 3.63) is 83.4 Å². The Labute approximate surface area is 159 Å². The molecule has 2 heteroatoms. The van der Waals surface area contributed by atoms with Crippen LogP contribution in [0.4, 0.5) is 11.4 Å². The van der Waals surface area contributed by atoms with Gasteiger partial charge in [-0.05, 0) is 0 Å². The van der Waals surface area contributed by atoms with E-state index in [0.717, 1.165) is 3.92 Å². The van der Waals surface area contributed by atoms with Crippen LogP contribution in [0.2, 0.25) is 0 Å². The van der Waals surface area contributed by atoms with E-state index in [2.05, 4.69) is 85.9 Å². The Hall–Kier alpha value is -1.81. The summed E-state index contributed by atoms with van der Waals surface area (Å²) in [6.45, 7) is 4.67. The number of para-hydroxylation sites is 1. The van der Waals surface area contributed by atoms with Crippen molar-refractivity contribution in [2.45, 2.75) is 23.2 Å². The molecule has 1 unspecified atom stereocenters. The third-order valence-electron chi connectivity index (χ3n) is 5.47. The molecule has 0 saturated carbocycles. The zero-order chi connectivity index (χ0) is 17.0. The number of hydrogen-bond acceptors (Lipinski definition) is 1. The predicted molar refractivity (Wildman–Crippen MR) is 101 cm³/mol. The monoisotopic (exact) mass is 438 g/mol. The second-order valence-corrected chi connectivity index (χ2v) is 10.7. The number of anilines is 2. The van der Waals surface area contributed by atoms with Crippen molar-refractivity contribution in [3.8, 4) is 11.1 Å². The summed E-state index contributed by atoms with van der Waals surface area (Å²) in [6.07, 6.45) is 0. The fourth-order valence-electron chi connectivity index (χ4n) is 4.03. The molecule has 2 aliphatic rings. The molecule has 0 aromatic heterocycles. The molecule has 1 N–H and O–H groups in total. The molecule has 126 valence electrons. The average molecular weight is 438 g/mol. The van der Waals surface area contributed by atoms with Gasteiger partial charge in [-0.25, -0.2) is 0 Å². The molecule has 5 rings (SSSR count). The Morgan fingerprint density at radius 3 is 2.44 bits per heavy atom. The Morgan fingerprint density at radius 2 is 1.60 bits per heavy atom. The summed E-state index contributed by atoms with van der Waals surface area (Å²) >= 11 is 0.410. The predicted octanol–water partition coefficient (Wildman–Crippen LogP) is 2.88. The second-order valence-electron chi connectivity index (χ2n) is 7.42. The summed E-state index contributed by atoms with van der Waals surface area (Å²) in [7, 11) is 0. The zero-order valence-corrected chi connectivity index (χ0v) is 16.7. The van der Waals surface area contributed by atoms with Gasteiger partial charge in [0.2, 0.25) is 0 Å². The van der Waals surface area contributed by atoms with E-state index in [-0.39, 0.29) is 5.41 Å². The van der Waals surface area contributed by atoms with Gasteiger partial charge in [-0.15, -0.1) is 0 Å². The van der Waals surface area contributed by atoms with Gasteiger partial charge in [0.1, 0.15) is 0 Å². The van der Waals surface area contributed by atoms with Crippen LogP contribution in [-0.2, 0) is 5.41 Å². The standard InChI is InChI=1S/C23H21IN/c1-23(2)19-9-5-3-7-16(19)17-12-11-15(13-20(17)23)25-22-10-6-4-8-18(22)21-14-24-21/h3-13,21,25H,14H2,1-2H3/q-1. The van der Waals surface area contributed by atoms with Crippen LogP contribution < -0.4 is 26.5 Å². The molecule has 1 aliphatic carbocycles. The molecule has 1 heterocycles. The molecule has 0 amide bonds. The molecule has 1 fully saturated rings. The molecule has 3 aromatic rings. The molecule has 1 aliphatic heterocycles. The topological polar surface area (TPSA) is 12.0 Å². The van der Waals surface area contributed by atoms with Crippen LogP contribution in [0.1, 0.15) is 34.5 Å². The minimum atomic E-state index is 0.0606. The third-order valence-corrected chi connectivity index (χ3v) is 7.90. The Kier molecular flexibility index (Phi) is 3.46. The molecule has 0 radical (unpaired) electrons. The van der Waals surface area contributed by atoms with Crippen LogP contribution in [-0.4, -0.2) is 4.43 Å². The maximum absolute atomic E-state index is 3.71. The van der Waals surface area contributed by atoms with Crippen molar-refractivity contribution >= 4 is 11.4 Å². The van der Waals surface area contributed by atoms with Gasteiger partial charge in [-0.2, -0.15) is 0 Å². The molecular formula is C23H21IN-. The maximum atomic E-state index is 3.71. The summed E-state index contributed by atoms with van der Waals surface area (Å²) in [5.41, 5.74) is 9.69. The first-order chi connectivity index (χ1) is 12.1. The van der Waals surface area contributed by atoms with E-state index in [1.54, 1.807) is 0 Å². The quantitative estimate of drug-likeness (QED) is 0.490. The summed E-state index contributed by atoms with van der Waals surface area (Å²) in [5.74, 6) is 0. The number of benzene rings is 3. The number of alkyl halides is 2. The Balaban J connectivity index is 1.56. The van der Waals surface area contributed by atoms with E-state index in [1.807, 2.05) is 0 Å². The van der Waals surface area contributed by atoms with Crippen molar-refractivity contribution in [1.82, 2.24) is 0 Å². The summed E-state index contributed by atoms with van der Waals surface area (Å²) in [5, 5.41) is 3.71. The van der Waals surface area contributed by atoms with Crippen molar-refractivity contribution in [2.75, 3.05) is 9.74 Å². The molecule has 25 heavy (non-hydrogen) atoms. The number of hydrogen-bond donors (Lipinski definition) is 1. The van der Waals surface area contributed by atoms with Crippen molar-refractivity contribution < 1.29 is 21.2 Å². The first-order valence-corrected chi connectivity index (χ1v) is 11.6. The molecule has 1 saturated heterocycles. The molecular weight excluding hydrogens is 417 g/mol. The Morgan fingerprint density at radius 1 is 0.880 bits per heavy atom. The SMILES string of the molecule is CC1(C)c2ccccc2-c2ccc(Nc3ccccc3C3C[I-]3)cc21. The summed E-state index contributed by atoms with van der Waals surface area (Å²) in [4.78, 5) is 0. The van der Waals surface area contributed by atoms with E-state index in [1.165, 1.54) is 43.6 Å². The van der Waals surface area contributed by atoms with Crippen molar-refractivity contribution in [3.63, 3.8) is 0 Å². The number of nitrogens with one attached hydrogen (secondary N) is 1. The van der Waals surface area contributed by atoms with E-state index in [0.29, 0.717) is 21.2 Å². The summed E-state index contributed by atoms with van der Waals surface area (Å²) < 4.78 is 2.29. The van der Waals surface area contributed by atoms with Gasteiger partial charge in [-0.3, -0.25) is 0 Å². The minimum absolute atomic E-state index is 0.0606. The van der Waals surface area contributed by atoms with Gasteiger partial charge in [0.05, 0.1) is 0 Å². The van der Waals surface area contributed by atoms with Crippen LogP contribution in [0.3, 0.4) is 0 Å². The van der Waals surface area contributed by atoms with Gasteiger partial charge in [0.25, 0.3) is 0 Å². The zero-order valence-electron chi connectivity index (χ0n) is 14.5. The normalized spacial score (nSPS) is 19.5. The fourth-order valence-corrected chi connectivity index (χ4v) is 5.78. The van der Waals surface area contributed by atoms with Crippen LogP contribution in [0.15, 0.2) is 66.7 Å². The van der Waals surface area contributed by atoms with Gasteiger partial charge in [0.15, 0.2) is 0 Å². The van der Waals surface area contributed by atoms with Gasteiger partial charge >= 0.3 is 160 Å². The second kappa shape index (κ2) is 5.60. The van der Waals surface area contributed by atoms with E-state index < -0.39 is 0 Å². The van der Waals surface area contributed by atoms with Gasteiger partial charge in [-0.1, -0.05) is 0 Å². The summed E-state index contributed by atoms with van der Waals surface area (Å²) in [6, 6.07) is 24.5. The number of rotatable bonds is 3. The van der Waals surface area contributed by atoms with Crippen molar-refractivity contribution in [2.24, 2.45) is 0 Å². The molecule has 1 nitrogen and oxygen atoms in total. The van der Waals surface area contributed by atoms with Crippen LogP contribution in [0.25, 0.3) is 11.1 Å². The number of halogens is 1. The van der Waals surface area contributed by atoms with Crippen LogP contribution in [0, 0.1) is 0 Å². The molecule has 3 aromatic carbocycles. The van der Waals surface area contributed by atoms with E-state index >= 15 is 0 Å². The fraction of sp³-hybridized carbons (Fsp3) is 0.217.